The van der Waals surface area contributed by atoms with Crippen LogP contribution in [0.25, 0.3) is 0 Å². The summed E-state index contributed by atoms with van der Waals surface area (Å²) in [4.78, 5) is 11.5. The molecule has 3 N–H and O–H groups in total. The van der Waals surface area contributed by atoms with Crippen molar-refractivity contribution < 1.29 is 13.2 Å². The van der Waals surface area contributed by atoms with Crippen LogP contribution >= 0.6 is 0 Å². The minimum atomic E-state index is -3.79. The molecule has 0 atom stereocenters. The maximum atomic E-state index is 11.6. The van der Waals surface area contributed by atoms with Crippen molar-refractivity contribution in [2.75, 3.05) is 6.54 Å². The third-order valence-electron chi connectivity index (χ3n) is 1.94. The van der Waals surface area contributed by atoms with Gasteiger partial charge in [-0.2, -0.15) is 0 Å². The Labute approximate surface area is 100 Å². The van der Waals surface area contributed by atoms with E-state index >= 15 is 0 Å². The molecule has 6 heteroatoms. The van der Waals surface area contributed by atoms with Gasteiger partial charge < -0.3 is 5.32 Å². The fraction of sp³-hybridized carbons (Fsp3) is 0.182. The van der Waals surface area contributed by atoms with E-state index in [-0.39, 0.29) is 17.0 Å². The summed E-state index contributed by atoms with van der Waals surface area (Å²) >= 11 is 0. The van der Waals surface area contributed by atoms with Crippen molar-refractivity contribution in [3.63, 3.8) is 0 Å². The average Bonchev–Trinajstić information content (AvgIpc) is 2.28. The molecule has 0 saturated carbocycles. The number of hydrogen-bond acceptors (Lipinski definition) is 3. The van der Waals surface area contributed by atoms with Gasteiger partial charge in [-0.15, -0.1) is 5.92 Å². The smallest absolute Gasteiger partial charge is 0.252 e. The van der Waals surface area contributed by atoms with E-state index in [0.29, 0.717) is 0 Å². The van der Waals surface area contributed by atoms with Crippen molar-refractivity contribution >= 4 is 15.9 Å². The largest absolute Gasteiger partial charge is 0.341 e. The molecule has 0 radical (unpaired) electrons. The molecule has 0 bridgehead atoms. The highest BCUT2D eigenvalue weighted by molar-refractivity contribution is 7.89. The lowest BCUT2D eigenvalue weighted by Crippen LogP contribution is -2.24. The first kappa shape index (κ1) is 13.2. The predicted octanol–water partition coefficient (Wildman–Crippen LogP) is 0.0871. The van der Waals surface area contributed by atoms with Crippen LogP contribution in [-0.2, 0) is 10.0 Å². The summed E-state index contributed by atoms with van der Waals surface area (Å²) in [5.74, 6) is 4.91. The quantitative estimate of drug-likeness (QED) is 0.747. The van der Waals surface area contributed by atoms with Gasteiger partial charge in [0.15, 0.2) is 0 Å². The minimum absolute atomic E-state index is 0.0910. The van der Waals surface area contributed by atoms with Crippen LogP contribution in [0.15, 0.2) is 29.2 Å². The van der Waals surface area contributed by atoms with E-state index in [1.54, 1.807) is 6.92 Å². The van der Waals surface area contributed by atoms with Crippen LogP contribution in [0.3, 0.4) is 0 Å². The number of carbonyl (C=O) groups is 1. The molecule has 0 aliphatic rings. The highest BCUT2D eigenvalue weighted by atomic mass is 32.2. The summed E-state index contributed by atoms with van der Waals surface area (Å²) in [6, 6.07) is 5.52. The van der Waals surface area contributed by atoms with Gasteiger partial charge in [0.1, 0.15) is 0 Å². The topological polar surface area (TPSA) is 89.3 Å². The first-order valence-electron chi connectivity index (χ1n) is 4.76. The molecular weight excluding hydrogens is 240 g/mol. The Morgan fingerprint density at radius 3 is 2.76 bits per heavy atom. The van der Waals surface area contributed by atoms with Crippen LogP contribution in [0.4, 0.5) is 0 Å². The van der Waals surface area contributed by atoms with E-state index in [9.17, 15) is 13.2 Å². The molecule has 17 heavy (non-hydrogen) atoms. The van der Waals surface area contributed by atoms with Crippen molar-refractivity contribution in [2.45, 2.75) is 11.8 Å². The van der Waals surface area contributed by atoms with Crippen LogP contribution in [-0.4, -0.2) is 20.9 Å². The number of rotatable bonds is 3. The molecule has 1 amide bonds. The highest BCUT2D eigenvalue weighted by Gasteiger charge is 2.11. The fourth-order valence-electron chi connectivity index (χ4n) is 1.13. The highest BCUT2D eigenvalue weighted by Crippen LogP contribution is 2.09. The normalized spacial score (nSPS) is 10.2. The molecule has 0 saturated heterocycles. The lowest BCUT2D eigenvalue weighted by Gasteiger charge is -2.03. The predicted molar refractivity (Wildman–Crippen MR) is 63.6 cm³/mol. The molecule has 0 aromatic heterocycles. The third kappa shape index (κ3) is 3.90. The molecule has 1 aromatic rings. The van der Waals surface area contributed by atoms with Crippen molar-refractivity contribution in [2.24, 2.45) is 5.14 Å². The third-order valence-corrected chi connectivity index (χ3v) is 2.85. The van der Waals surface area contributed by atoms with Crippen molar-refractivity contribution in [3.05, 3.63) is 29.8 Å². The number of carbonyl (C=O) groups excluding carboxylic acids is 1. The summed E-state index contributed by atoms with van der Waals surface area (Å²) in [5, 5.41) is 7.50. The lowest BCUT2D eigenvalue weighted by atomic mass is 10.2. The van der Waals surface area contributed by atoms with E-state index in [1.807, 2.05) is 0 Å². The molecule has 5 nitrogen and oxygen atoms in total. The van der Waals surface area contributed by atoms with Gasteiger partial charge in [-0.05, 0) is 25.1 Å². The van der Waals surface area contributed by atoms with Gasteiger partial charge >= 0.3 is 0 Å². The zero-order valence-electron chi connectivity index (χ0n) is 9.23. The van der Waals surface area contributed by atoms with Crippen LogP contribution in [0.5, 0.6) is 0 Å². The standard InChI is InChI=1S/C11H12N2O3S/c1-2-3-7-13-11(14)9-5-4-6-10(8-9)17(12,15)16/h4-6,8H,7H2,1H3,(H,13,14)(H2,12,15,16). The summed E-state index contributed by atoms with van der Waals surface area (Å²) in [5.41, 5.74) is 0.231. The number of benzene rings is 1. The van der Waals surface area contributed by atoms with Crippen molar-refractivity contribution in [3.8, 4) is 11.8 Å². The molecule has 0 spiro atoms. The summed E-state index contributed by atoms with van der Waals surface area (Å²) in [7, 11) is -3.79. The fourth-order valence-corrected chi connectivity index (χ4v) is 1.69. The molecule has 0 aliphatic heterocycles. The van der Waals surface area contributed by atoms with Gasteiger partial charge in [-0.1, -0.05) is 12.0 Å². The Balaban J connectivity index is 2.91. The second-order valence-corrected chi connectivity index (χ2v) is 4.74. The van der Waals surface area contributed by atoms with E-state index in [1.165, 1.54) is 24.3 Å². The number of nitrogens with two attached hydrogens (primary N) is 1. The van der Waals surface area contributed by atoms with Crippen LogP contribution < -0.4 is 10.5 Å². The number of nitrogens with one attached hydrogen (secondary N) is 1. The summed E-state index contributed by atoms with van der Waals surface area (Å²) in [6.45, 7) is 1.88. The van der Waals surface area contributed by atoms with Gasteiger partial charge in [0.2, 0.25) is 10.0 Å². The number of sulfonamides is 1. The minimum Gasteiger partial charge on any atom is -0.341 e. The molecule has 90 valence electrons. The molecule has 0 fully saturated rings. The van der Waals surface area contributed by atoms with Gasteiger partial charge in [0.25, 0.3) is 5.91 Å². The van der Waals surface area contributed by atoms with Crippen molar-refractivity contribution in [1.82, 2.24) is 5.32 Å². The Bertz CT molecular complexity index is 582. The second kappa shape index (κ2) is 5.48. The summed E-state index contributed by atoms with van der Waals surface area (Å²) in [6.07, 6.45) is 0. The van der Waals surface area contributed by atoms with E-state index in [2.05, 4.69) is 17.2 Å². The van der Waals surface area contributed by atoms with Gasteiger partial charge in [0, 0.05) is 5.56 Å². The van der Waals surface area contributed by atoms with Crippen LogP contribution in [0.2, 0.25) is 0 Å². The average molecular weight is 252 g/mol. The van der Waals surface area contributed by atoms with E-state index in [0.717, 1.165) is 0 Å². The SMILES string of the molecule is CC#CCNC(=O)c1cccc(S(N)(=O)=O)c1. The molecule has 0 heterocycles. The first-order valence-corrected chi connectivity index (χ1v) is 6.30. The maximum absolute atomic E-state index is 11.6. The van der Waals surface area contributed by atoms with E-state index in [4.69, 9.17) is 5.14 Å². The van der Waals surface area contributed by atoms with Crippen molar-refractivity contribution in [1.29, 1.82) is 0 Å². The number of primary sulfonamides is 1. The Morgan fingerprint density at radius 1 is 1.47 bits per heavy atom. The zero-order chi connectivity index (χ0) is 12.9. The lowest BCUT2D eigenvalue weighted by molar-refractivity contribution is 0.0958. The summed E-state index contributed by atoms with van der Waals surface area (Å²) < 4.78 is 22.2. The van der Waals surface area contributed by atoms with E-state index < -0.39 is 15.9 Å². The Morgan fingerprint density at radius 2 is 2.18 bits per heavy atom. The molecular formula is C11H12N2O3S. The molecule has 0 aliphatic carbocycles. The maximum Gasteiger partial charge on any atom is 0.252 e. The van der Waals surface area contributed by atoms with Crippen LogP contribution in [0, 0.1) is 11.8 Å². The van der Waals surface area contributed by atoms with Gasteiger partial charge in [-0.3, -0.25) is 4.79 Å². The van der Waals surface area contributed by atoms with Gasteiger partial charge in [0.05, 0.1) is 11.4 Å². The molecule has 1 aromatic carbocycles. The number of amides is 1. The first-order chi connectivity index (χ1) is 7.95. The second-order valence-electron chi connectivity index (χ2n) is 3.18. The monoisotopic (exact) mass is 252 g/mol. The molecule has 1 rings (SSSR count). The zero-order valence-corrected chi connectivity index (χ0v) is 10.0. The Kier molecular flexibility index (Phi) is 4.26. The molecule has 0 unspecified atom stereocenters. The van der Waals surface area contributed by atoms with Gasteiger partial charge in [-0.25, -0.2) is 13.6 Å². The number of hydrogen-bond donors (Lipinski definition) is 2. The Hall–Kier alpha value is -1.84. The van der Waals surface area contributed by atoms with Crippen LogP contribution in [0.1, 0.15) is 17.3 Å².